The average Bonchev–Trinajstić information content (AvgIpc) is 2.57. The fourth-order valence-corrected chi connectivity index (χ4v) is 3.04. The second-order valence-electron chi connectivity index (χ2n) is 4.83. The third-order valence-electron chi connectivity index (χ3n) is 3.33. The van der Waals surface area contributed by atoms with Crippen molar-refractivity contribution in [2.75, 3.05) is 26.5 Å². The van der Waals surface area contributed by atoms with Crippen molar-refractivity contribution in [1.29, 1.82) is 0 Å². The molecule has 1 aromatic rings. The van der Waals surface area contributed by atoms with Crippen LogP contribution in [0.25, 0.3) is 0 Å². The average molecular weight is 335 g/mol. The number of thioether (sulfide) groups is 1. The highest BCUT2D eigenvalue weighted by atomic mass is 32.2. The number of nitrogens with zero attached hydrogens (tertiary/aromatic N) is 2. The van der Waals surface area contributed by atoms with Gasteiger partial charge < -0.3 is 10.1 Å². The minimum absolute atomic E-state index is 0.117. The number of aliphatic imine (C=N–C) groups is 1. The van der Waals surface area contributed by atoms with Crippen LogP contribution >= 0.6 is 11.8 Å². The van der Waals surface area contributed by atoms with Crippen molar-refractivity contribution in [3.63, 3.8) is 0 Å². The molecule has 0 spiro atoms. The Morgan fingerprint density at radius 1 is 1.35 bits per heavy atom. The number of hydrogen-bond acceptors (Lipinski definition) is 6. The van der Waals surface area contributed by atoms with E-state index >= 15 is 0 Å². The minimum Gasteiger partial charge on any atom is -0.465 e. The Morgan fingerprint density at radius 3 is 2.57 bits per heavy atom. The van der Waals surface area contributed by atoms with Gasteiger partial charge in [0.2, 0.25) is 11.8 Å². The van der Waals surface area contributed by atoms with E-state index in [1.54, 1.807) is 38.4 Å². The maximum atomic E-state index is 12.3. The monoisotopic (exact) mass is 335 g/mol. The Kier molecular flexibility index (Phi) is 5.38. The number of benzene rings is 1. The molecular formula is C15H17N3O4S. The van der Waals surface area contributed by atoms with Crippen molar-refractivity contribution < 1.29 is 19.1 Å². The summed E-state index contributed by atoms with van der Waals surface area (Å²) in [6, 6.07) is 6.35. The first-order chi connectivity index (χ1) is 11.0. The van der Waals surface area contributed by atoms with Crippen molar-refractivity contribution in [2.24, 2.45) is 4.99 Å². The van der Waals surface area contributed by atoms with E-state index in [9.17, 15) is 14.4 Å². The number of amidine groups is 1. The molecule has 1 saturated heterocycles. The lowest BCUT2D eigenvalue weighted by Gasteiger charge is -2.28. The van der Waals surface area contributed by atoms with Crippen LogP contribution in [-0.4, -0.2) is 54.3 Å². The van der Waals surface area contributed by atoms with E-state index in [1.807, 2.05) is 0 Å². The lowest BCUT2D eigenvalue weighted by molar-refractivity contribution is -0.128. The van der Waals surface area contributed by atoms with Crippen LogP contribution in [0.2, 0.25) is 0 Å². The summed E-state index contributed by atoms with van der Waals surface area (Å²) in [7, 11) is 4.52. The molecule has 1 N–H and O–H groups in total. The molecule has 1 aromatic carbocycles. The van der Waals surface area contributed by atoms with Gasteiger partial charge >= 0.3 is 5.97 Å². The standard InChI is InChI=1S/C15H17N3O4S/c1-16-15-18(2)12(19)8-11(23-15)13(20)17-10-6-4-9(5-7-10)14(21)22-3/h4-7,11H,8H2,1-3H3,(H,17,20). The van der Waals surface area contributed by atoms with E-state index in [4.69, 9.17) is 0 Å². The lowest BCUT2D eigenvalue weighted by atomic mass is 10.2. The van der Waals surface area contributed by atoms with Gasteiger partial charge in [-0.25, -0.2) is 4.79 Å². The Hall–Kier alpha value is -2.35. The topological polar surface area (TPSA) is 88.1 Å². The number of anilines is 1. The third kappa shape index (κ3) is 3.89. The van der Waals surface area contributed by atoms with Crippen LogP contribution in [0.1, 0.15) is 16.8 Å². The predicted octanol–water partition coefficient (Wildman–Crippen LogP) is 1.36. The largest absolute Gasteiger partial charge is 0.465 e. The van der Waals surface area contributed by atoms with Gasteiger partial charge in [-0.15, -0.1) is 0 Å². The van der Waals surface area contributed by atoms with Gasteiger partial charge in [0.25, 0.3) is 0 Å². The summed E-state index contributed by atoms with van der Waals surface area (Å²) in [5.41, 5.74) is 0.944. The smallest absolute Gasteiger partial charge is 0.337 e. The van der Waals surface area contributed by atoms with Crippen LogP contribution < -0.4 is 5.32 Å². The van der Waals surface area contributed by atoms with Crippen molar-refractivity contribution in [3.05, 3.63) is 29.8 Å². The SMILES string of the molecule is CN=C1SC(C(=O)Nc2ccc(C(=O)OC)cc2)CC(=O)N1C. The van der Waals surface area contributed by atoms with E-state index in [1.165, 1.54) is 23.8 Å². The van der Waals surface area contributed by atoms with Crippen LogP contribution in [0.3, 0.4) is 0 Å². The van der Waals surface area contributed by atoms with E-state index in [-0.39, 0.29) is 18.2 Å². The van der Waals surface area contributed by atoms with Gasteiger partial charge in [0.15, 0.2) is 5.17 Å². The molecule has 2 rings (SSSR count). The Morgan fingerprint density at radius 2 is 2.00 bits per heavy atom. The second-order valence-corrected chi connectivity index (χ2v) is 6.00. The summed E-state index contributed by atoms with van der Waals surface area (Å²) in [5, 5.41) is 2.72. The number of carbonyl (C=O) groups is 3. The van der Waals surface area contributed by atoms with Crippen LogP contribution in [0.5, 0.6) is 0 Å². The molecule has 0 saturated carbocycles. The molecule has 1 aliphatic rings. The van der Waals surface area contributed by atoms with Crippen LogP contribution in [0, 0.1) is 0 Å². The zero-order chi connectivity index (χ0) is 17.0. The second kappa shape index (κ2) is 7.28. The molecule has 1 heterocycles. The Labute approximate surface area is 138 Å². The zero-order valence-electron chi connectivity index (χ0n) is 13.0. The predicted molar refractivity (Wildman–Crippen MR) is 88.5 cm³/mol. The molecule has 7 nitrogen and oxygen atoms in total. The van der Waals surface area contributed by atoms with Crippen molar-refractivity contribution in [2.45, 2.75) is 11.7 Å². The van der Waals surface area contributed by atoms with E-state index in [2.05, 4.69) is 15.0 Å². The highest BCUT2D eigenvalue weighted by molar-refractivity contribution is 8.15. The molecule has 23 heavy (non-hydrogen) atoms. The molecule has 8 heteroatoms. The van der Waals surface area contributed by atoms with E-state index < -0.39 is 11.2 Å². The van der Waals surface area contributed by atoms with Gasteiger partial charge in [-0.2, -0.15) is 0 Å². The number of rotatable bonds is 3. The molecule has 1 atom stereocenters. The number of amides is 2. The van der Waals surface area contributed by atoms with Crippen molar-refractivity contribution in [3.8, 4) is 0 Å². The Bertz CT molecular complexity index is 657. The summed E-state index contributed by atoms with van der Waals surface area (Å²) >= 11 is 1.25. The highest BCUT2D eigenvalue weighted by Crippen LogP contribution is 2.26. The summed E-state index contributed by atoms with van der Waals surface area (Å²) in [4.78, 5) is 41.0. The number of hydrogen-bond donors (Lipinski definition) is 1. The van der Waals surface area contributed by atoms with Gasteiger partial charge in [-0.05, 0) is 24.3 Å². The van der Waals surface area contributed by atoms with Gasteiger partial charge in [-0.1, -0.05) is 11.8 Å². The number of methoxy groups -OCH3 is 1. The molecule has 2 amide bonds. The van der Waals surface area contributed by atoms with Crippen LogP contribution in [0.4, 0.5) is 5.69 Å². The first-order valence-electron chi connectivity index (χ1n) is 6.85. The first kappa shape index (κ1) is 17.0. The number of nitrogens with one attached hydrogen (secondary N) is 1. The van der Waals surface area contributed by atoms with E-state index in [0.29, 0.717) is 16.4 Å². The molecule has 0 aromatic heterocycles. The highest BCUT2D eigenvalue weighted by Gasteiger charge is 2.33. The number of ether oxygens (including phenoxy) is 1. The Balaban J connectivity index is 2.04. The molecule has 1 unspecified atom stereocenters. The normalized spacial score (nSPS) is 19.6. The van der Waals surface area contributed by atoms with E-state index in [0.717, 1.165) is 0 Å². The summed E-state index contributed by atoms with van der Waals surface area (Å²) in [6.45, 7) is 0. The molecule has 0 aliphatic carbocycles. The first-order valence-corrected chi connectivity index (χ1v) is 7.73. The quantitative estimate of drug-likeness (QED) is 0.843. The zero-order valence-corrected chi connectivity index (χ0v) is 13.8. The van der Waals surface area contributed by atoms with Crippen LogP contribution in [0.15, 0.2) is 29.3 Å². The number of esters is 1. The van der Waals surface area contributed by atoms with Crippen molar-refractivity contribution in [1.82, 2.24) is 4.90 Å². The summed E-state index contributed by atoms with van der Waals surface area (Å²) in [5.74, 6) is -0.864. The summed E-state index contributed by atoms with van der Waals surface area (Å²) in [6.07, 6.45) is 0.117. The van der Waals surface area contributed by atoms with Gasteiger partial charge in [0.05, 0.1) is 12.7 Å². The maximum absolute atomic E-state index is 12.3. The van der Waals surface area contributed by atoms with Gasteiger partial charge in [0.1, 0.15) is 5.25 Å². The molecule has 0 radical (unpaired) electrons. The molecule has 1 fully saturated rings. The fraction of sp³-hybridized carbons (Fsp3) is 0.333. The number of carbonyl (C=O) groups excluding carboxylic acids is 3. The fourth-order valence-electron chi connectivity index (χ4n) is 2.03. The van der Waals surface area contributed by atoms with Gasteiger partial charge in [0, 0.05) is 26.2 Å². The molecule has 0 bridgehead atoms. The summed E-state index contributed by atoms with van der Waals surface area (Å²) < 4.78 is 4.61. The van der Waals surface area contributed by atoms with Crippen LogP contribution in [-0.2, 0) is 14.3 Å². The minimum atomic E-state index is -0.530. The molecule has 122 valence electrons. The third-order valence-corrected chi connectivity index (χ3v) is 4.66. The maximum Gasteiger partial charge on any atom is 0.337 e. The van der Waals surface area contributed by atoms with Crippen molar-refractivity contribution >= 4 is 40.4 Å². The lowest BCUT2D eigenvalue weighted by Crippen LogP contribution is -2.43. The van der Waals surface area contributed by atoms with Gasteiger partial charge in [-0.3, -0.25) is 19.5 Å². The molecule has 1 aliphatic heterocycles. The molecular weight excluding hydrogens is 318 g/mol.